The number of rotatable bonds is 8. The normalized spacial score (nSPS) is 17.8. The maximum absolute atomic E-state index is 5.47. The van der Waals surface area contributed by atoms with Gasteiger partial charge in [0.15, 0.2) is 0 Å². The zero-order valence-corrected chi connectivity index (χ0v) is 11.7. The molecule has 0 aromatic carbocycles. The van der Waals surface area contributed by atoms with Crippen molar-refractivity contribution in [1.29, 1.82) is 0 Å². The van der Waals surface area contributed by atoms with Crippen LogP contribution in [-0.4, -0.2) is 25.3 Å². The highest BCUT2D eigenvalue weighted by Gasteiger charge is 2.25. The van der Waals surface area contributed by atoms with Crippen molar-refractivity contribution < 1.29 is 4.74 Å². The summed E-state index contributed by atoms with van der Waals surface area (Å²) in [5.41, 5.74) is 0.457. The minimum Gasteiger partial charge on any atom is -0.379 e. The third-order valence-corrected chi connectivity index (χ3v) is 3.77. The molecule has 0 bridgehead atoms. The van der Waals surface area contributed by atoms with Gasteiger partial charge in [-0.2, -0.15) is 0 Å². The molecular formula is C14H29NO. The Labute approximate surface area is 101 Å². The molecule has 0 aromatic rings. The summed E-state index contributed by atoms with van der Waals surface area (Å²) in [6.45, 7) is 10.3. The topological polar surface area (TPSA) is 21.3 Å². The van der Waals surface area contributed by atoms with Gasteiger partial charge in [0.2, 0.25) is 0 Å². The number of hydrogen-bond donors (Lipinski definition) is 1. The van der Waals surface area contributed by atoms with E-state index >= 15 is 0 Å². The van der Waals surface area contributed by atoms with Gasteiger partial charge in [0, 0.05) is 13.2 Å². The van der Waals surface area contributed by atoms with Crippen LogP contribution < -0.4 is 5.32 Å². The lowest BCUT2D eigenvalue weighted by Crippen LogP contribution is -2.28. The third-order valence-electron chi connectivity index (χ3n) is 3.77. The van der Waals surface area contributed by atoms with Crippen molar-refractivity contribution in [2.24, 2.45) is 5.41 Å². The average Bonchev–Trinajstić information content (AvgIpc) is 2.99. The minimum atomic E-state index is 0.0290. The van der Waals surface area contributed by atoms with Crippen molar-refractivity contribution in [3.63, 3.8) is 0 Å². The van der Waals surface area contributed by atoms with E-state index in [0.29, 0.717) is 5.41 Å². The lowest BCUT2D eigenvalue weighted by Gasteiger charge is -2.30. The Balaban J connectivity index is 2.15. The Kier molecular flexibility index (Phi) is 4.81. The first kappa shape index (κ1) is 14.0. The predicted octanol–water partition coefficient (Wildman–Crippen LogP) is 3.36. The van der Waals surface area contributed by atoms with E-state index in [-0.39, 0.29) is 5.60 Å². The molecule has 0 radical (unpaired) electrons. The van der Waals surface area contributed by atoms with E-state index in [1.165, 1.54) is 32.2 Å². The molecule has 1 fully saturated rings. The first-order valence-corrected chi connectivity index (χ1v) is 6.63. The molecule has 1 aliphatic rings. The van der Waals surface area contributed by atoms with Crippen molar-refractivity contribution in [1.82, 2.24) is 5.32 Å². The summed E-state index contributed by atoms with van der Waals surface area (Å²) < 4.78 is 5.47. The molecule has 2 heteroatoms. The fraction of sp³-hybridized carbons (Fsp3) is 1.00. The monoisotopic (exact) mass is 227 g/mol. The molecule has 0 unspecified atom stereocenters. The Morgan fingerprint density at radius 2 is 1.69 bits per heavy atom. The second-order valence-corrected chi connectivity index (χ2v) is 6.61. The summed E-state index contributed by atoms with van der Waals surface area (Å²) in [4.78, 5) is 0. The van der Waals surface area contributed by atoms with Gasteiger partial charge in [-0.05, 0) is 57.9 Å². The van der Waals surface area contributed by atoms with Crippen molar-refractivity contribution in [3.8, 4) is 0 Å². The molecule has 0 amide bonds. The van der Waals surface area contributed by atoms with E-state index in [9.17, 15) is 0 Å². The summed E-state index contributed by atoms with van der Waals surface area (Å²) in [5, 5.41) is 3.59. The summed E-state index contributed by atoms with van der Waals surface area (Å²) >= 11 is 0. The average molecular weight is 227 g/mol. The Hall–Kier alpha value is -0.0800. The van der Waals surface area contributed by atoms with E-state index in [1.807, 2.05) is 7.11 Å². The van der Waals surface area contributed by atoms with Crippen LogP contribution in [0.15, 0.2) is 0 Å². The molecule has 0 aliphatic heterocycles. The van der Waals surface area contributed by atoms with Crippen LogP contribution >= 0.6 is 0 Å². The molecule has 0 spiro atoms. The van der Waals surface area contributed by atoms with Crippen LogP contribution in [0.4, 0.5) is 0 Å². The SMILES string of the molecule is COC(C)(C)CCC(C)(C)CCNC1CC1. The van der Waals surface area contributed by atoms with Crippen LogP contribution in [0.2, 0.25) is 0 Å². The van der Waals surface area contributed by atoms with Gasteiger partial charge in [0.25, 0.3) is 0 Å². The van der Waals surface area contributed by atoms with E-state index in [1.54, 1.807) is 0 Å². The third kappa shape index (κ3) is 5.86. The van der Waals surface area contributed by atoms with Crippen molar-refractivity contribution in [2.45, 2.75) is 71.4 Å². The summed E-state index contributed by atoms with van der Waals surface area (Å²) in [7, 11) is 1.81. The molecule has 96 valence electrons. The second kappa shape index (κ2) is 5.50. The quantitative estimate of drug-likeness (QED) is 0.686. The van der Waals surface area contributed by atoms with Gasteiger partial charge in [0.1, 0.15) is 0 Å². The number of methoxy groups -OCH3 is 1. The Bertz CT molecular complexity index is 207. The second-order valence-electron chi connectivity index (χ2n) is 6.61. The Morgan fingerprint density at radius 1 is 1.06 bits per heavy atom. The molecule has 1 N–H and O–H groups in total. The van der Waals surface area contributed by atoms with E-state index in [4.69, 9.17) is 4.74 Å². The van der Waals surface area contributed by atoms with E-state index in [0.717, 1.165) is 12.5 Å². The first-order chi connectivity index (χ1) is 7.35. The van der Waals surface area contributed by atoms with Crippen LogP contribution in [0.3, 0.4) is 0 Å². The summed E-state index contributed by atoms with van der Waals surface area (Å²) in [5.74, 6) is 0. The highest BCUT2D eigenvalue weighted by atomic mass is 16.5. The van der Waals surface area contributed by atoms with E-state index in [2.05, 4.69) is 33.0 Å². The van der Waals surface area contributed by atoms with Gasteiger partial charge in [-0.1, -0.05) is 13.8 Å². The van der Waals surface area contributed by atoms with Crippen LogP contribution in [-0.2, 0) is 4.74 Å². The highest BCUT2D eigenvalue weighted by molar-refractivity contribution is 4.82. The first-order valence-electron chi connectivity index (χ1n) is 6.63. The van der Waals surface area contributed by atoms with Crippen LogP contribution in [0.5, 0.6) is 0 Å². The summed E-state index contributed by atoms with van der Waals surface area (Å²) in [6.07, 6.45) is 6.41. The molecule has 0 aromatic heterocycles. The molecule has 2 nitrogen and oxygen atoms in total. The molecule has 0 atom stereocenters. The van der Waals surface area contributed by atoms with Gasteiger partial charge in [-0.25, -0.2) is 0 Å². The molecule has 0 saturated heterocycles. The van der Waals surface area contributed by atoms with Crippen molar-refractivity contribution >= 4 is 0 Å². The van der Waals surface area contributed by atoms with Crippen LogP contribution in [0.25, 0.3) is 0 Å². The fourth-order valence-corrected chi connectivity index (χ4v) is 1.77. The molecule has 0 heterocycles. The maximum Gasteiger partial charge on any atom is 0.0623 e. The lowest BCUT2D eigenvalue weighted by atomic mass is 9.81. The largest absolute Gasteiger partial charge is 0.379 e. The smallest absolute Gasteiger partial charge is 0.0623 e. The zero-order chi connectivity index (χ0) is 12.2. The van der Waals surface area contributed by atoms with E-state index < -0.39 is 0 Å². The van der Waals surface area contributed by atoms with Crippen LogP contribution in [0.1, 0.15) is 59.8 Å². The number of hydrogen-bond acceptors (Lipinski definition) is 2. The lowest BCUT2D eigenvalue weighted by molar-refractivity contribution is 0.00531. The number of nitrogens with one attached hydrogen (secondary N) is 1. The van der Waals surface area contributed by atoms with Crippen molar-refractivity contribution in [3.05, 3.63) is 0 Å². The zero-order valence-electron chi connectivity index (χ0n) is 11.7. The molecule has 1 rings (SSSR count). The maximum atomic E-state index is 5.47. The predicted molar refractivity (Wildman–Crippen MR) is 69.7 cm³/mol. The number of ether oxygens (including phenoxy) is 1. The van der Waals surface area contributed by atoms with Crippen LogP contribution in [0, 0.1) is 5.41 Å². The highest BCUT2D eigenvalue weighted by Crippen LogP contribution is 2.31. The molecule has 1 saturated carbocycles. The standard InChI is InChI=1S/C14H29NO/c1-13(2,8-9-14(3,4)16-5)10-11-15-12-6-7-12/h12,15H,6-11H2,1-5H3. The van der Waals surface area contributed by atoms with Gasteiger partial charge in [-0.15, -0.1) is 0 Å². The van der Waals surface area contributed by atoms with Gasteiger partial charge in [0.05, 0.1) is 5.60 Å². The van der Waals surface area contributed by atoms with Crippen molar-refractivity contribution in [2.75, 3.05) is 13.7 Å². The molecule has 16 heavy (non-hydrogen) atoms. The molecular weight excluding hydrogens is 198 g/mol. The minimum absolute atomic E-state index is 0.0290. The Morgan fingerprint density at radius 3 is 2.19 bits per heavy atom. The van der Waals surface area contributed by atoms with Gasteiger partial charge >= 0.3 is 0 Å². The molecule has 1 aliphatic carbocycles. The fourth-order valence-electron chi connectivity index (χ4n) is 1.77. The van der Waals surface area contributed by atoms with Gasteiger partial charge < -0.3 is 10.1 Å². The van der Waals surface area contributed by atoms with Gasteiger partial charge in [-0.3, -0.25) is 0 Å². The summed E-state index contributed by atoms with van der Waals surface area (Å²) in [6, 6.07) is 0.839.